The van der Waals surface area contributed by atoms with Gasteiger partial charge in [-0.2, -0.15) is 0 Å². The number of nitrogens with one attached hydrogen (secondary N) is 1. The number of fused-ring (bicyclic) bond motifs is 1. The maximum atomic E-state index is 13.1. The zero-order valence-corrected chi connectivity index (χ0v) is 19.0. The summed E-state index contributed by atoms with van der Waals surface area (Å²) in [4.78, 5) is 19.8. The molecule has 3 heterocycles. The van der Waals surface area contributed by atoms with E-state index in [0.29, 0.717) is 33.7 Å². The molecule has 0 aliphatic carbocycles. The Morgan fingerprint density at radius 3 is 2.42 bits per heavy atom. The Kier molecular flexibility index (Phi) is 5.38. The fraction of sp³-hybridized carbons (Fsp3) is 0.190. The summed E-state index contributed by atoms with van der Waals surface area (Å²) in [6.07, 6.45) is 0. The Hall–Kier alpha value is -3.08. The number of sulfonamides is 1. The van der Waals surface area contributed by atoms with Crippen LogP contribution in [0.5, 0.6) is 0 Å². The Morgan fingerprint density at radius 1 is 1.10 bits per heavy atom. The van der Waals surface area contributed by atoms with Gasteiger partial charge < -0.3 is 9.84 Å². The van der Waals surface area contributed by atoms with Gasteiger partial charge >= 0.3 is 0 Å². The molecule has 3 aromatic heterocycles. The third kappa shape index (κ3) is 3.97. The summed E-state index contributed by atoms with van der Waals surface area (Å²) in [5, 5.41) is 7.32. The van der Waals surface area contributed by atoms with Gasteiger partial charge in [-0.25, -0.2) is 17.7 Å². The molecule has 0 unspecified atom stereocenters. The molecule has 4 rings (SSSR count). The smallest absolute Gasteiger partial charge is 0.259 e. The highest BCUT2D eigenvalue weighted by Crippen LogP contribution is 2.31. The van der Waals surface area contributed by atoms with E-state index in [1.54, 1.807) is 36.5 Å². The SMILES string of the molecule is Cc1ccc(-c2cc(C(=O)Nc3ccc(S(=O)(=O)N(C)C)cc3)c3c(C)noc3n2)s1. The first-order valence-corrected chi connectivity index (χ1v) is 11.6. The van der Waals surface area contributed by atoms with Crippen molar-refractivity contribution in [3.05, 3.63) is 58.6 Å². The summed E-state index contributed by atoms with van der Waals surface area (Å²) in [5.74, 6) is -0.364. The van der Waals surface area contributed by atoms with Crippen LogP contribution in [0.15, 0.2) is 51.9 Å². The molecule has 0 atom stereocenters. The standard InChI is InChI=1S/C21H20N4O4S2/c1-12-5-10-18(30-12)17-11-16(19-13(2)24-29-21(19)23-17)20(26)22-14-6-8-15(9-7-14)31(27,28)25(3)4/h5-11H,1-4H3,(H,22,26). The van der Waals surface area contributed by atoms with Crippen LogP contribution in [0.3, 0.4) is 0 Å². The molecule has 160 valence electrons. The first-order valence-electron chi connectivity index (χ1n) is 9.34. The molecule has 8 nitrogen and oxygen atoms in total. The summed E-state index contributed by atoms with van der Waals surface area (Å²) in [7, 11) is -0.611. The van der Waals surface area contributed by atoms with Crippen molar-refractivity contribution in [3.63, 3.8) is 0 Å². The Morgan fingerprint density at radius 2 is 1.81 bits per heavy atom. The normalized spacial score (nSPS) is 11.9. The Bertz CT molecular complexity index is 1390. The number of amides is 1. The molecular weight excluding hydrogens is 436 g/mol. The van der Waals surface area contributed by atoms with Crippen LogP contribution < -0.4 is 5.32 Å². The van der Waals surface area contributed by atoms with Gasteiger partial charge in [0.1, 0.15) is 0 Å². The molecular formula is C21H20N4O4S2. The molecule has 0 spiro atoms. The molecule has 1 amide bonds. The van der Waals surface area contributed by atoms with E-state index in [1.807, 2.05) is 19.1 Å². The molecule has 1 aromatic carbocycles. The van der Waals surface area contributed by atoms with Crippen molar-refractivity contribution in [2.24, 2.45) is 0 Å². The topological polar surface area (TPSA) is 105 Å². The van der Waals surface area contributed by atoms with Crippen LogP contribution in [0.2, 0.25) is 0 Å². The lowest BCUT2D eigenvalue weighted by molar-refractivity contribution is 0.102. The van der Waals surface area contributed by atoms with Gasteiger partial charge in [-0.15, -0.1) is 11.3 Å². The van der Waals surface area contributed by atoms with Crippen LogP contribution >= 0.6 is 11.3 Å². The summed E-state index contributed by atoms with van der Waals surface area (Å²) in [6.45, 7) is 3.75. The number of anilines is 1. The van der Waals surface area contributed by atoms with Gasteiger partial charge in [-0.3, -0.25) is 4.79 Å². The van der Waals surface area contributed by atoms with Crippen LogP contribution in [0, 0.1) is 13.8 Å². The van der Waals surface area contributed by atoms with Gasteiger partial charge in [0.25, 0.3) is 11.6 Å². The van der Waals surface area contributed by atoms with E-state index in [-0.39, 0.29) is 10.8 Å². The Balaban J connectivity index is 1.70. The predicted molar refractivity (Wildman–Crippen MR) is 120 cm³/mol. The van der Waals surface area contributed by atoms with Crippen LogP contribution in [-0.4, -0.2) is 42.9 Å². The van der Waals surface area contributed by atoms with Crippen LogP contribution in [0.25, 0.3) is 21.7 Å². The second kappa shape index (κ2) is 7.88. The fourth-order valence-electron chi connectivity index (χ4n) is 3.09. The van der Waals surface area contributed by atoms with E-state index in [1.165, 1.54) is 26.2 Å². The lowest BCUT2D eigenvalue weighted by Gasteiger charge is -2.12. The molecule has 31 heavy (non-hydrogen) atoms. The number of pyridine rings is 1. The maximum Gasteiger partial charge on any atom is 0.259 e. The minimum absolute atomic E-state index is 0.145. The van der Waals surface area contributed by atoms with Crippen molar-refractivity contribution in [3.8, 4) is 10.6 Å². The van der Waals surface area contributed by atoms with Gasteiger partial charge in [0, 0.05) is 24.7 Å². The van der Waals surface area contributed by atoms with Crippen molar-refractivity contribution >= 4 is 44.1 Å². The quantitative estimate of drug-likeness (QED) is 0.485. The highest BCUT2D eigenvalue weighted by molar-refractivity contribution is 7.89. The minimum atomic E-state index is -3.54. The number of aromatic nitrogens is 2. The van der Waals surface area contributed by atoms with E-state index in [0.717, 1.165) is 14.1 Å². The van der Waals surface area contributed by atoms with Crippen molar-refractivity contribution in [2.45, 2.75) is 18.7 Å². The molecule has 0 aliphatic rings. The highest BCUT2D eigenvalue weighted by Gasteiger charge is 2.21. The summed E-state index contributed by atoms with van der Waals surface area (Å²) < 4.78 is 30.9. The number of carbonyl (C=O) groups is 1. The molecule has 10 heteroatoms. The highest BCUT2D eigenvalue weighted by atomic mass is 32.2. The van der Waals surface area contributed by atoms with Crippen molar-refractivity contribution in [1.29, 1.82) is 0 Å². The number of thiophene rings is 1. The average molecular weight is 457 g/mol. The van der Waals surface area contributed by atoms with Crippen LogP contribution in [-0.2, 0) is 10.0 Å². The number of hydrogen-bond acceptors (Lipinski definition) is 7. The molecule has 0 bridgehead atoms. The molecule has 0 saturated carbocycles. The largest absolute Gasteiger partial charge is 0.335 e. The summed E-state index contributed by atoms with van der Waals surface area (Å²) >= 11 is 1.57. The second-order valence-corrected chi connectivity index (χ2v) is 10.6. The van der Waals surface area contributed by atoms with Crippen molar-refractivity contribution < 1.29 is 17.7 Å². The van der Waals surface area contributed by atoms with Crippen LogP contribution in [0.1, 0.15) is 20.9 Å². The number of aryl methyl sites for hydroxylation is 2. The van der Waals surface area contributed by atoms with E-state index >= 15 is 0 Å². The first-order chi connectivity index (χ1) is 14.7. The number of nitrogens with zero attached hydrogens (tertiary/aromatic N) is 3. The molecule has 0 saturated heterocycles. The Labute approximate surface area is 183 Å². The van der Waals surface area contributed by atoms with Crippen LogP contribution in [0.4, 0.5) is 5.69 Å². The molecule has 0 aliphatic heterocycles. The minimum Gasteiger partial charge on any atom is -0.335 e. The van der Waals surface area contributed by atoms with E-state index in [4.69, 9.17) is 4.52 Å². The van der Waals surface area contributed by atoms with Gasteiger partial charge in [-0.05, 0) is 56.3 Å². The van der Waals surface area contributed by atoms with E-state index in [2.05, 4.69) is 15.5 Å². The van der Waals surface area contributed by atoms with Gasteiger partial charge in [0.15, 0.2) is 0 Å². The third-order valence-electron chi connectivity index (χ3n) is 4.75. The molecule has 4 aromatic rings. The zero-order valence-electron chi connectivity index (χ0n) is 17.3. The first kappa shape index (κ1) is 21.2. The number of benzene rings is 1. The third-order valence-corrected chi connectivity index (χ3v) is 7.60. The van der Waals surface area contributed by atoms with E-state index in [9.17, 15) is 13.2 Å². The second-order valence-electron chi connectivity index (χ2n) is 7.18. The lowest BCUT2D eigenvalue weighted by Crippen LogP contribution is -2.22. The lowest BCUT2D eigenvalue weighted by atomic mass is 10.1. The number of hydrogen-bond donors (Lipinski definition) is 1. The zero-order chi connectivity index (χ0) is 22.3. The molecule has 0 fully saturated rings. The molecule has 0 radical (unpaired) electrons. The summed E-state index contributed by atoms with van der Waals surface area (Å²) in [5.41, 5.74) is 2.33. The van der Waals surface area contributed by atoms with Gasteiger partial charge in [0.2, 0.25) is 10.0 Å². The average Bonchev–Trinajstić information content (AvgIpc) is 3.33. The number of rotatable bonds is 5. The monoisotopic (exact) mass is 456 g/mol. The van der Waals surface area contributed by atoms with Crippen molar-refractivity contribution in [1.82, 2.24) is 14.4 Å². The van der Waals surface area contributed by atoms with Gasteiger partial charge in [-0.1, -0.05) is 5.16 Å². The predicted octanol–water partition coefficient (Wildman–Crippen LogP) is 4.07. The molecule has 1 N–H and O–H groups in total. The van der Waals surface area contributed by atoms with E-state index < -0.39 is 10.0 Å². The van der Waals surface area contributed by atoms with Gasteiger partial charge in [0.05, 0.1) is 32.1 Å². The van der Waals surface area contributed by atoms with Crippen molar-refractivity contribution in [2.75, 3.05) is 19.4 Å². The maximum absolute atomic E-state index is 13.1. The number of carbonyl (C=O) groups excluding carboxylic acids is 1. The summed E-state index contributed by atoms with van der Waals surface area (Å²) in [6, 6.07) is 11.7. The fourth-order valence-corrected chi connectivity index (χ4v) is 4.82.